The van der Waals surface area contributed by atoms with Crippen molar-refractivity contribution in [1.29, 1.82) is 0 Å². The van der Waals surface area contributed by atoms with E-state index >= 15 is 0 Å². The van der Waals surface area contributed by atoms with Gasteiger partial charge in [0.25, 0.3) is 5.56 Å². The van der Waals surface area contributed by atoms with Gasteiger partial charge in [-0.2, -0.15) is 0 Å². The monoisotopic (exact) mass is 406 g/mol. The number of hydrogen-bond acceptors (Lipinski definition) is 8. The Morgan fingerprint density at radius 1 is 1.26 bits per heavy atom. The van der Waals surface area contributed by atoms with Crippen molar-refractivity contribution in [3.8, 4) is 0 Å². The molecule has 0 amide bonds. The minimum absolute atomic E-state index is 0.228. The van der Waals surface area contributed by atoms with Crippen LogP contribution in [0.25, 0.3) is 10.2 Å². The van der Waals surface area contributed by atoms with E-state index in [9.17, 15) is 14.4 Å². The molecule has 3 rings (SSSR count). The Morgan fingerprint density at radius 3 is 2.63 bits per heavy atom. The highest BCUT2D eigenvalue weighted by molar-refractivity contribution is 7.20. The van der Waals surface area contributed by atoms with E-state index in [2.05, 4.69) is 9.97 Å². The quantitative estimate of drug-likeness (QED) is 0.648. The van der Waals surface area contributed by atoms with Crippen molar-refractivity contribution in [3.63, 3.8) is 0 Å². The van der Waals surface area contributed by atoms with Gasteiger partial charge in [0.15, 0.2) is 11.9 Å². The minimum atomic E-state index is -0.746. The summed E-state index contributed by atoms with van der Waals surface area (Å²) in [5.41, 5.74) is 0.990. The summed E-state index contributed by atoms with van der Waals surface area (Å²) >= 11 is 2.39. The molecule has 0 aliphatic carbocycles. The Kier molecular flexibility index (Phi) is 5.43. The summed E-state index contributed by atoms with van der Waals surface area (Å²) < 4.78 is 10.5. The zero-order valence-corrected chi connectivity index (χ0v) is 16.9. The van der Waals surface area contributed by atoms with Crippen LogP contribution in [-0.2, 0) is 9.47 Å². The Balaban J connectivity index is 1.93. The van der Waals surface area contributed by atoms with Crippen molar-refractivity contribution >= 4 is 44.8 Å². The molecule has 0 saturated carbocycles. The van der Waals surface area contributed by atoms with Gasteiger partial charge in [0, 0.05) is 0 Å². The number of nitrogens with zero attached hydrogens (tertiary/aromatic N) is 1. The fourth-order valence-electron chi connectivity index (χ4n) is 2.60. The lowest BCUT2D eigenvalue weighted by molar-refractivity contribution is 0.0325. The second-order valence-corrected chi connectivity index (χ2v) is 7.80. The summed E-state index contributed by atoms with van der Waals surface area (Å²) in [6.07, 6.45) is -0.746. The highest BCUT2D eigenvalue weighted by Crippen LogP contribution is 2.29. The number of aryl methyl sites for hydroxylation is 2. The van der Waals surface area contributed by atoms with Gasteiger partial charge in [-0.3, -0.25) is 4.79 Å². The van der Waals surface area contributed by atoms with Crippen LogP contribution in [0.5, 0.6) is 0 Å². The summed E-state index contributed by atoms with van der Waals surface area (Å²) in [4.78, 5) is 45.2. The lowest BCUT2D eigenvalue weighted by Crippen LogP contribution is -2.17. The minimum Gasteiger partial charge on any atom is -0.462 e. The molecule has 0 saturated heterocycles. The largest absolute Gasteiger partial charge is 0.462 e. The van der Waals surface area contributed by atoms with Crippen molar-refractivity contribution in [2.24, 2.45) is 0 Å². The highest BCUT2D eigenvalue weighted by atomic mass is 32.1. The Hall–Kier alpha value is -2.52. The summed E-state index contributed by atoms with van der Waals surface area (Å²) in [6, 6.07) is 1.84. The second-order valence-electron chi connectivity index (χ2n) is 5.89. The zero-order chi connectivity index (χ0) is 19.7. The molecule has 9 heteroatoms. The lowest BCUT2D eigenvalue weighted by Gasteiger charge is -2.12. The molecule has 0 fully saturated rings. The number of aromatic amines is 1. The molecule has 1 atom stereocenters. The van der Waals surface area contributed by atoms with Crippen LogP contribution >= 0.6 is 22.7 Å². The number of carbonyl (C=O) groups is 2. The number of esters is 2. The average Bonchev–Trinajstić information content (AvgIpc) is 3.18. The van der Waals surface area contributed by atoms with Crippen LogP contribution in [0.15, 0.2) is 16.2 Å². The van der Waals surface area contributed by atoms with E-state index in [4.69, 9.17) is 9.47 Å². The number of nitrogens with one attached hydrogen (secondary N) is 1. The molecule has 3 aromatic heterocycles. The summed E-state index contributed by atoms with van der Waals surface area (Å²) in [7, 11) is 0. The topological polar surface area (TPSA) is 98.3 Å². The molecule has 0 spiro atoms. The van der Waals surface area contributed by atoms with Crippen LogP contribution in [0.1, 0.15) is 56.2 Å². The predicted molar refractivity (Wildman–Crippen MR) is 104 cm³/mol. The molecule has 142 valence electrons. The van der Waals surface area contributed by atoms with Gasteiger partial charge in [-0.1, -0.05) is 0 Å². The Labute approximate surface area is 163 Å². The molecular weight excluding hydrogens is 388 g/mol. The van der Waals surface area contributed by atoms with E-state index in [1.807, 2.05) is 18.4 Å². The van der Waals surface area contributed by atoms with Crippen molar-refractivity contribution in [1.82, 2.24) is 9.97 Å². The van der Waals surface area contributed by atoms with E-state index in [1.54, 1.807) is 20.8 Å². The van der Waals surface area contributed by atoms with E-state index in [1.165, 1.54) is 11.3 Å². The molecule has 3 aromatic rings. The van der Waals surface area contributed by atoms with E-state index in [0.29, 0.717) is 25.5 Å². The molecule has 27 heavy (non-hydrogen) atoms. The van der Waals surface area contributed by atoms with Crippen LogP contribution in [0.4, 0.5) is 0 Å². The first-order valence-electron chi connectivity index (χ1n) is 8.29. The van der Waals surface area contributed by atoms with Gasteiger partial charge >= 0.3 is 11.9 Å². The first-order valence-corrected chi connectivity index (χ1v) is 9.98. The molecule has 1 N–H and O–H groups in total. The third kappa shape index (κ3) is 3.65. The van der Waals surface area contributed by atoms with Crippen molar-refractivity contribution in [2.45, 2.75) is 33.8 Å². The van der Waals surface area contributed by atoms with E-state index in [0.717, 1.165) is 16.9 Å². The normalized spacial score (nSPS) is 12.1. The number of fused-ring (bicyclic) bond motifs is 1. The average molecular weight is 406 g/mol. The maximum Gasteiger partial charge on any atom is 0.349 e. The molecule has 0 radical (unpaired) electrons. The lowest BCUT2D eigenvalue weighted by atomic mass is 10.2. The Bertz CT molecular complexity index is 1080. The highest BCUT2D eigenvalue weighted by Gasteiger charge is 2.23. The number of aromatic nitrogens is 2. The zero-order valence-electron chi connectivity index (χ0n) is 15.2. The number of thiophene rings is 2. The van der Waals surface area contributed by atoms with Crippen molar-refractivity contribution < 1.29 is 19.1 Å². The predicted octanol–water partition coefficient (Wildman–Crippen LogP) is 3.76. The van der Waals surface area contributed by atoms with E-state index in [-0.39, 0.29) is 18.0 Å². The number of ether oxygens (including phenoxy) is 2. The van der Waals surface area contributed by atoms with Gasteiger partial charge in [0.05, 0.1) is 12.0 Å². The summed E-state index contributed by atoms with van der Waals surface area (Å²) in [5.74, 6) is -0.717. The van der Waals surface area contributed by atoms with E-state index < -0.39 is 18.0 Å². The van der Waals surface area contributed by atoms with Gasteiger partial charge in [-0.05, 0) is 50.3 Å². The fourth-order valence-corrected chi connectivity index (χ4v) is 4.49. The van der Waals surface area contributed by atoms with Crippen LogP contribution in [0.3, 0.4) is 0 Å². The van der Waals surface area contributed by atoms with Crippen LogP contribution in [0, 0.1) is 13.8 Å². The number of rotatable bonds is 5. The van der Waals surface area contributed by atoms with Crippen LogP contribution in [0.2, 0.25) is 0 Å². The third-order valence-corrected chi connectivity index (χ3v) is 6.16. The van der Waals surface area contributed by atoms with Crippen LogP contribution < -0.4 is 5.56 Å². The van der Waals surface area contributed by atoms with Crippen LogP contribution in [-0.4, -0.2) is 28.5 Å². The van der Waals surface area contributed by atoms with Gasteiger partial charge < -0.3 is 14.5 Å². The molecule has 3 heterocycles. The standard InChI is InChI=1S/C18H18N2O5S2/c1-5-24-17(22)13-9(3)11-15(21)19-14(20-16(11)27-13)10(4)25-18(23)12-8(2)6-7-26-12/h6-7,10H,5H2,1-4H3,(H,19,20,21)/t10-/m1/s1. The first kappa shape index (κ1) is 19.2. The number of H-pyrrole nitrogens is 1. The molecular formula is C18H18N2O5S2. The van der Waals surface area contributed by atoms with Gasteiger partial charge in [0.2, 0.25) is 0 Å². The number of carbonyl (C=O) groups excluding carboxylic acids is 2. The van der Waals surface area contributed by atoms with Gasteiger partial charge in [-0.15, -0.1) is 22.7 Å². The molecule has 0 aromatic carbocycles. The van der Waals surface area contributed by atoms with Crippen molar-refractivity contribution in [2.75, 3.05) is 6.61 Å². The SMILES string of the molecule is CCOC(=O)c1sc2nc([C@@H](C)OC(=O)c3sccc3C)[nH]c(=O)c2c1C. The fraction of sp³-hybridized carbons (Fsp3) is 0.333. The summed E-state index contributed by atoms with van der Waals surface area (Å²) in [5, 5.41) is 2.16. The smallest absolute Gasteiger partial charge is 0.349 e. The Morgan fingerprint density at radius 2 is 2.00 bits per heavy atom. The number of hydrogen-bond donors (Lipinski definition) is 1. The molecule has 0 aliphatic heterocycles. The maximum atomic E-state index is 12.5. The molecule has 0 aliphatic rings. The maximum absolute atomic E-state index is 12.5. The molecule has 7 nitrogen and oxygen atoms in total. The molecule has 0 unspecified atom stereocenters. The molecule has 0 bridgehead atoms. The van der Waals surface area contributed by atoms with Gasteiger partial charge in [-0.25, -0.2) is 14.6 Å². The third-order valence-electron chi connectivity index (χ3n) is 4.00. The van der Waals surface area contributed by atoms with Crippen molar-refractivity contribution in [3.05, 3.63) is 48.5 Å². The second kappa shape index (κ2) is 7.61. The van der Waals surface area contributed by atoms with Gasteiger partial charge in [0.1, 0.15) is 14.6 Å². The summed E-state index contributed by atoms with van der Waals surface area (Å²) in [6.45, 7) is 7.11. The first-order chi connectivity index (χ1) is 12.8.